The van der Waals surface area contributed by atoms with Crippen LogP contribution in [0.2, 0.25) is 0 Å². The number of nitrogen functional groups attached to an aromatic ring is 1. The van der Waals surface area contributed by atoms with Gasteiger partial charge in [0.25, 0.3) is 5.91 Å². The second kappa shape index (κ2) is 6.36. The molecule has 0 aliphatic rings. The van der Waals surface area contributed by atoms with Gasteiger partial charge in [0.2, 0.25) is 0 Å². The Labute approximate surface area is 136 Å². The van der Waals surface area contributed by atoms with Gasteiger partial charge in [-0.1, -0.05) is 5.21 Å². The lowest BCUT2D eigenvalue weighted by atomic mass is 10.3. The third kappa shape index (κ3) is 3.16. The van der Waals surface area contributed by atoms with E-state index in [4.69, 9.17) is 10.5 Å². The van der Waals surface area contributed by atoms with Gasteiger partial charge in [-0.3, -0.25) is 14.7 Å². The molecule has 0 radical (unpaired) electrons. The molecule has 0 atom stereocenters. The summed E-state index contributed by atoms with van der Waals surface area (Å²) in [5.41, 5.74) is 7.55. The number of fused-ring (bicyclic) bond motifs is 1. The standard InChI is InChI=1S/C14H15N7O3/c1-2-24-14(23)17-12-6-20(19-18-12)7-13(22)21-8-16-10-5-9(15)3-4-11(10)21/h3-6,8H,2,7,15H2,1H3,(H,17,23). The average molecular weight is 329 g/mol. The third-order valence-electron chi connectivity index (χ3n) is 3.18. The molecule has 0 saturated carbocycles. The molecule has 0 aliphatic carbocycles. The van der Waals surface area contributed by atoms with Crippen molar-refractivity contribution in [1.29, 1.82) is 0 Å². The number of rotatable bonds is 4. The molecular weight excluding hydrogens is 314 g/mol. The van der Waals surface area contributed by atoms with Crippen molar-refractivity contribution in [1.82, 2.24) is 24.5 Å². The van der Waals surface area contributed by atoms with E-state index in [2.05, 4.69) is 20.6 Å². The van der Waals surface area contributed by atoms with Crippen molar-refractivity contribution in [3.05, 3.63) is 30.7 Å². The maximum absolute atomic E-state index is 12.4. The van der Waals surface area contributed by atoms with Crippen molar-refractivity contribution in [3.63, 3.8) is 0 Å². The molecule has 10 nitrogen and oxygen atoms in total. The van der Waals surface area contributed by atoms with Crippen molar-refractivity contribution in [2.24, 2.45) is 0 Å². The van der Waals surface area contributed by atoms with Crippen molar-refractivity contribution < 1.29 is 14.3 Å². The monoisotopic (exact) mass is 329 g/mol. The van der Waals surface area contributed by atoms with Gasteiger partial charge in [-0.25, -0.2) is 14.5 Å². The van der Waals surface area contributed by atoms with E-state index in [0.717, 1.165) is 0 Å². The normalized spacial score (nSPS) is 10.7. The fourth-order valence-electron chi connectivity index (χ4n) is 2.15. The molecular formula is C14H15N7O3. The van der Waals surface area contributed by atoms with Crippen LogP contribution in [0.4, 0.5) is 16.3 Å². The number of benzene rings is 1. The van der Waals surface area contributed by atoms with E-state index in [1.807, 2.05) is 0 Å². The summed E-state index contributed by atoms with van der Waals surface area (Å²) in [5.74, 6) is -0.0561. The minimum Gasteiger partial charge on any atom is -0.450 e. The molecule has 10 heteroatoms. The topological polar surface area (TPSA) is 130 Å². The Morgan fingerprint density at radius 3 is 3.00 bits per heavy atom. The Balaban J connectivity index is 1.72. The van der Waals surface area contributed by atoms with E-state index < -0.39 is 6.09 Å². The van der Waals surface area contributed by atoms with Gasteiger partial charge in [0.15, 0.2) is 5.82 Å². The van der Waals surface area contributed by atoms with Gasteiger partial charge in [-0.2, -0.15) is 0 Å². The smallest absolute Gasteiger partial charge is 0.412 e. The molecule has 2 aromatic heterocycles. The first kappa shape index (κ1) is 15.5. The van der Waals surface area contributed by atoms with Crippen molar-refractivity contribution in [2.45, 2.75) is 13.5 Å². The molecule has 24 heavy (non-hydrogen) atoms. The van der Waals surface area contributed by atoms with E-state index in [1.54, 1.807) is 25.1 Å². The third-order valence-corrected chi connectivity index (χ3v) is 3.18. The molecule has 0 aliphatic heterocycles. The second-order valence-electron chi connectivity index (χ2n) is 4.90. The summed E-state index contributed by atoms with van der Waals surface area (Å²) in [4.78, 5) is 27.9. The summed E-state index contributed by atoms with van der Waals surface area (Å²) in [5, 5.41) is 9.96. The molecule has 3 rings (SSSR count). The average Bonchev–Trinajstić information content (AvgIpc) is 3.13. The minimum absolute atomic E-state index is 0.0622. The first-order chi connectivity index (χ1) is 11.6. The van der Waals surface area contributed by atoms with Gasteiger partial charge in [-0.15, -0.1) is 5.10 Å². The Bertz CT molecular complexity index is 899. The molecule has 0 spiro atoms. The number of nitrogens with one attached hydrogen (secondary N) is 1. The van der Waals surface area contributed by atoms with Crippen LogP contribution in [0.15, 0.2) is 30.7 Å². The summed E-state index contributed by atoms with van der Waals surface area (Å²) in [6.45, 7) is 1.88. The number of anilines is 2. The Hall–Kier alpha value is -3.43. The van der Waals surface area contributed by atoms with Gasteiger partial charge in [0.05, 0.1) is 23.8 Å². The zero-order valence-electron chi connectivity index (χ0n) is 12.8. The van der Waals surface area contributed by atoms with Crippen LogP contribution in [0, 0.1) is 0 Å². The highest BCUT2D eigenvalue weighted by molar-refractivity contribution is 5.91. The number of aromatic nitrogens is 5. The van der Waals surface area contributed by atoms with Crippen LogP contribution < -0.4 is 11.1 Å². The Kier molecular flexibility index (Phi) is 4.10. The zero-order chi connectivity index (χ0) is 17.1. The maximum atomic E-state index is 12.4. The molecule has 0 fully saturated rings. The SMILES string of the molecule is CCOC(=O)Nc1cn(CC(=O)n2cnc3cc(N)ccc32)nn1. The predicted molar refractivity (Wildman–Crippen MR) is 85.4 cm³/mol. The summed E-state index contributed by atoms with van der Waals surface area (Å²) in [7, 11) is 0. The number of nitrogens with zero attached hydrogens (tertiary/aromatic N) is 5. The predicted octanol–water partition coefficient (Wildman–Crippen LogP) is 1.12. The Morgan fingerprint density at radius 2 is 2.21 bits per heavy atom. The van der Waals surface area contributed by atoms with Crippen molar-refractivity contribution in [2.75, 3.05) is 17.7 Å². The lowest BCUT2D eigenvalue weighted by Crippen LogP contribution is -2.17. The number of nitrogens with two attached hydrogens (primary N) is 1. The van der Waals surface area contributed by atoms with E-state index in [1.165, 1.54) is 21.8 Å². The van der Waals surface area contributed by atoms with Gasteiger partial charge in [-0.05, 0) is 25.1 Å². The van der Waals surface area contributed by atoms with Crippen LogP contribution in [0.25, 0.3) is 11.0 Å². The number of carbonyl (C=O) groups excluding carboxylic acids is 2. The van der Waals surface area contributed by atoms with E-state index >= 15 is 0 Å². The first-order valence-corrected chi connectivity index (χ1v) is 7.16. The molecule has 2 heterocycles. The van der Waals surface area contributed by atoms with Gasteiger partial charge < -0.3 is 10.5 Å². The maximum Gasteiger partial charge on any atom is 0.412 e. The second-order valence-corrected chi connectivity index (χ2v) is 4.90. The lowest BCUT2D eigenvalue weighted by molar-refractivity contribution is 0.0890. The quantitative estimate of drug-likeness (QED) is 0.686. The van der Waals surface area contributed by atoms with Gasteiger partial charge in [0.1, 0.15) is 12.9 Å². The van der Waals surface area contributed by atoms with Gasteiger partial charge >= 0.3 is 6.09 Å². The number of imidazole rings is 1. The van der Waals surface area contributed by atoms with Crippen LogP contribution in [-0.2, 0) is 11.3 Å². The van der Waals surface area contributed by atoms with Crippen molar-refractivity contribution >= 4 is 34.5 Å². The number of hydrogen-bond donors (Lipinski definition) is 2. The molecule has 0 saturated heterocycles. The zero-order valence-corrected chi connectivity index (χ0v) is 12.8. The molecule has 0 bridgehead atoms. The molecule has 3 aromatic rings. The van der Waals surface area contributed by atoms with Gasteiger partial charge in [0, 0.05) is 5.69 Å². The van der Waals surface area contributed by atoms with Crippen molar-refractivity contribution in [3.8, 4) is 0 Å². The summed E-state index contributed by atoms with van der Waals surface area (Å²) in [6.07, 6.45) is 2.24. The van der Waals surface area contributed by atoms with Crippen LogP contribution in [-0.4, -0.2) is 43.2 Å². The number of ether oxygens (including phenoxy) is 1. The number of carbonyl (C=O) groups is 2. The summed E-state index contributed by atoms with van der Waals surface area (Å²) in [6, 6.07) is 5.12. The highest BCUT2D eigenvalue weighted by Crippen LogP contribution is 2.16. The highest BCUT2D eigenvalue weighted by atomic mass is 16.5. The van der Waals surface area contributed by atoms with Crippen LogP contribution in [0.1, 0.15) is 11.7 Å². The first-order valence-electron chi connectivity index (χ1n) is 7.16. The fourth-order valence-corrected chi connectivity index (χ4v) is 2.15. The van der Waals surface area contributed by atoms with Crippen LogP contribution in [0.5, 0.6) is 0 Å². The minimum atomic E-state index is -0.630. The highest BCUT2D eigenvalue weighted by Gasteiger charge is 2.13. The summed E-state index contributed by atoms with van der Waals surface area (Å²) >= 11 is 0. The number of amides is 1. The lowest BCUT2D eigenvalue weighted by Gasteiger charge is -2.03. The van der Waals surface area contributed by atoms with E-state index in [9.17, 15) is 9.59 Å². The van der Waals surface area contributed by atoms with E-state index in [0.29, 0.717) is 16.7 Å². The molecule has 1 aromatic carbocycles. The largest absolute Gasteiger partial charge is 0.450 e. The fraction of sp³-hybridized carbons (Fsp3) is 0.214. The summed E-state index contributed by atoms with van der Waals surface area (Å²) < 4.78 is 7.46. The molecule has 0 unspecified atom stereocenters. The molecule has 1 amide bonds. The van der Waals surface area contributed by atoms with Crippen LogP contribution in [0.3, 0.4) is 0 Å². The number of hydrogen-bond acceptors (Lipinski definition) is 7. The molecule has 124 valence electrons. The molecule has 3 N–H and O–H groups in total. The van der Waals surface area contributed by atoms with Crippen LogP contribution >= 0.6 is 0 Å². The van der Waals surface area contributed by atoms with E-state index in [-0.39, 0.29) is 24.9 Å². The Morgan fingerprint density at radius 1 is 1.38 bits per heavy atom.